The Kier molecular flexibility index (Phi) is 5.60. The van der Waals surface area contributed by atoms with E-state index < -0.39 is 6.23 Å². The summed E-state index contributed by atoms with van der Waals surface area (Å²) in [5.74, 6) is 0.783. The molecule has 2 aliphatic rings. The van der Waals surface area contributed by atoms with Crippen molar-refractivity contribution in [1.82, 2.24) is 15.5 Å². The highest BCUT2D eigenvalue weighted by Crippen LogP contribution is 2.19. The molecule has 0 saturated carbocycles. The van der Waals surface area contributed by atoms with Gasteiger partial charge in [-0.2, -0.15) is 0 Å². The van der Waals surface area contributed by atoms with Gasteiger partial charge in [-0.15, -0.1) is 0 Å². The second-order valence-corrected chi connectivity index (χ2v) is 6.88. The fourth-order valence-electron chi connectivity index (χ4n) is 3.09. The maximum Gasteiger partial charge on any atom is 0.223 e. The Hall–Kier alpha value is -2.05. The first-order chi connectivity index (χ1) is 12.0. The second kappa shape index (κ2) is 7.89. The largest absolute Gasteiger partial charge is 0.368 e. The van der Waals surface area contributed by atoms with Gasteiger partial charge in [-0.25, -0.2) is 4.99 Å². The van der Waals surface area contributed by atoms with Crippen molar-refractivity contribution in [2.75, 3.05) is 13.1 Å². The van der Waals surface area contributed by atoms with Crippen LogP contribution in [0.2, 0.25) is 5.02 Å². The lowest BCUT2D eigenvalue weighted by Crippen LogP contribution is -2.48. The summed E-state index contributed by atoms with van der Waals surface area (Å²) in [5.41, 5.74) is 1.92. The molecule has 3 N–H and O–H groups in total. The van der Waals surface area contributed by atoms with Crippen LogP contribution in [0.25, 0.3) is 0 Å². The number of likely N-dealkylation sites (tertiary alicyclic amines) is 1. The number of carbonyl (C=O) groups is 1. The van der Waals surface area contributed by atoms with Crippen molar-refractivity contribution in [2.45, 2.75) is 32.5 Å². The van der Waals surface area contributed by atoms with Gasteiger partial charge < -0.3 is 20.6 Å². The van der Waals surface area contributed by atoms with Crippen molar-refractivity contribution in [3.8, 4) is 0 Å². The standard InChI is InChI=1S/C18H23ClN4O2/c1-12-10-16(24)22-18(21-12)23-8-6-14(7-9-23)17(25)20-11-13-2-4-15(19)5-3-13/h2-5,10,14,16,24H,6-9,11H2,1H3,(H,20,25)(H,21,22)/t16-/m1/s1. The molecule has 3 rings (SSSR count). The zero-order chi connectivity index (χ0) is 17.8. The molecule has 0 spiro atoms. The third kappa shape index (κ3) is 4.74. The number of aliphatic imine (C=N–C) groups is 1. The zero-order valence-corrected chi connectivity index (χ0v) is 15.0. The third-order valence-electron chi connectivity index (χ3n) is 4.51. The molecular formula is C18H23ClN4O2. The molecule has 0 radical (unpaired) electrons. The number of guanidine groups is 1. The number of carbonyl (C=O) groups excluding carboxylic acids is 1. The molecule has 7 heteroatoms. The zero-order valence-electron chi connectivity index (χ0n) is 14.2. The Labute approximate surface area is 152 Å². The van der Waals surface area contributed by atoms with E-state index in [0.29, 0.717) is 17.5 Å². The van der Waals surface area contributed by atoms with E-state index in [1.165, 1.54) is 0 Å². The van der Waals surface area contributed by atoms with E-state index in [2.05, 4.69) is 20.5 Å². The molecule has 1 amide bonds. The van der Waals surface area contributed by atoms with E-state index in [1.54, 1.807) is 6.08 Å². The van der Waals surface area contributed by atoms with Crippen LogP contribution < -0.4 is 10.6 Å². The maximum atomic E-state index is 12.4. The number of rotatable bonds is 3. The number of hydrogen-bond acceptors (Lipinski definition) is 5. The van der Waals surface area contributed by atoms with Gasteiger partial charge >= 0.3 is 0 Å². The molecule has 0 unspecified atom stereocenters. The lowest BCUT2D eigenvalue weighted by Gasteiger charge is -2.35. The van der Waals surface area contributed by atoms with Gasteiger partial charge in [-0.05, 0) is 43.5 Å². The fraction of sp³-hybridized carbons (Fsp3) is 0.444. The van der Waals surface area contributed by atoms with Gasteiger partial charge in [0.1, 0.15) is 0 Å². The van der Waals surface area contributed by atoms with Crippen molar-refractivity contribution in [3.05, 3.63) is 46.6 Å². The SMILES string of the molecule is CC1=C[C@@H](O)N=C(N2CCC(C(=O)NCc3ccc(Cl)cc3)CC2)N1. The summed E-state index contributed by atoms with van der Waals surface area (Å²) in [7, 11) is 0. The first-order valence-corrected chi connectivity index (χ1v) is 8.87. The number of piperidine rings is 1. The van der Waals surface area contributed by atoms with Crippen molar-refractivity contribution in [1.29, 1.82) is 0 Å². The van der Waals surface area contributed by atoms with Gasteiger partial charge in [0.05, 0.1) is 0 Å². The van der Waals surface area contributed by atoms with Crippen molar-refractivity contribution in [3.63, 3.8) is 0 Å². The number of aliphatic hydroxyl groups is 1. The first kappa shape index (κ1) is 17.8. The van der Waals surface area contributed by atoms with Crippen LogP contribution in [0.4, 0.5) is 0 Å². The van der Waals surface area contributed by atoms with Crippen LogP contribution in [-0.2, 0) is 11.3 Å². The summed E-state index contributed by atoms with van der Waals surface area (Å²) >= 11 is 5.87. The van der Waals surface area contributed by atoms with E-state index in [4.69, 9.17) is 11.6 Å². The minimum absolute atomic E-state index is 0.00861. The Morgan fingerprint density at radius 1 is 1.36 bits per heavy atom. The second-order valence-electron chi connectivity index (χ2n) is 6.45. The fourth-order valence-corrected chi connectivity index (χ4v) is 3.21. The van der Waals surface area contributed by atoms with Crippen LogP contribution in [0.1, 0.15) is 25.3 Å². The van der Waals surface area contributed by atoms with Crippen LogP contribution in [0.3, 0.4) is 0 Å². The average molecular weight is 363 g/mol. The molecule has 0 aliphatic carbocycles. The van der Waals surface area contributed by atoms with Crippen molar-refractivity contribution >= 4 is 23.5 Å². The quantitative estimate of drug-likeness (QED) is 0.767. The van der Waals surface area contributed by atoms with Crippen LogP contribution in [0.15, 0.2) is 41.0 Å². The lowest BCUT2D eigenvalue weighted by atomic mass is 9.96. The molecule has 1 atom stereocenters. The predicted molar refractivity (Wildman–Crippen MR) is 97.9 cm³/mol. The van der Waals surface area contributed by atoms with Gasteiger partial charge in [0.15, 0.2) is 6.23 Å². The van der Waals surface area contributed by atoms with Crippen LogP contribution in [0.5, 0.6) is 0 Å². The maximum absolute atomic E-state index is 12.4. The van der Waals surface area contributed by atoms with E-state index in [-0.39, 0.29) is 11.8 Å². The summed E-state index contributed by atoms with van der Waals surface area (Å²) < 4.78 is 0. The Morgan fingerprint density at radius 2 is 2.04 bits per heavy atom. The van der Waals surface area contributed by atoms with Crippen molar-refractivity contribution < 1.29 is 9.90 Å². The molecular weight excluding hydrogens is 340 g/mol. The van der Waals surface area contributed by atoms with Gasteiger partial charge in [-0.1, -0.05) is 23.7 Å². The molecule has 134 valence electrons. The summed E-state index contributed by atoms with van der Waals surface area (Å²) in [4.78, 5) is 18.7. The number of nitrogens with one attached hydrogen (secondary N) is 2. The first-order valence-electron chi connectivity index (χ1n) is 8.49. The Balaban J connectivity index is 1.47. The van der Waals surface area contributed by atoms with Gasteiger partial charge in [-0.3, -0.25) is 4.79 Å². The minimum Gasteiger partial charge on any atom is -0.368 e. The molecule has 1 fully saturated rings. The van der Waals surface area contributed by atoms with E-state index in [1.807, 2.05) is 31.2 Å². The van der Waals surface area contributed by atoms with Gasteiger partial charge in [0.25, 0.3) is 0 Å². The number of hydrogen-bond donors (Lipinski definition) is 3. The molecule has 1 aromatic rings. The highest BCUT2D eigenvalue weighted by molar-refractivity contribution is 6.30. The smallest absolute Gasteiger partial charge is 0.223 e. The van der Waals surface area contributed by atoms with E-state index in [0.717, 1.165) is 37.2 Å². The number of aliphatic hydroxyl groups excluding tert-OH is 1. The number of amides is 1. The summed E-state index contributed by atoms with van der Waals surface area (Å²) in [6.45, 7) is 3.89. The molecule has 6 nitrogen and oxygen atoms in total. The van der Waals surface area contributed by atoms with Gasteiger partial charge in [0, 0.05) is 36.3 Å². The van der Waals surface area contributed by atoms with Crippen LogP contribution >= 0.6 is 11.6 Å². The lowest BCUT2D eigenvalue weighted by molar-refractivity contribution is -0.126. The predicted octanol–water partition coefficient (Wildman–Crippen LogP) is 1.85. The van der Waals surface area contributed by atoms with Crippen LogP contribution in [-0.4, -0.2) is 41.2 Å². The Bertz CT molecular complexity index is 679. The topological polar surface area (TPSA) is 77.0 Å². The molecule has 2 aliphatic heterocycles. The highest BCUT2D eigenvalue weighted by atomic mass is 35.5. The molecule has 0 bridgehead atoms. The number of benzene rings is 1. The van der Waals surface area contributed by atoms with Crippen LogP contribution in [0, 0.1) is 5.92 Å². The number of allylic oxidation sites excluding steroid dienone is 1. The van der Waals surface area contributed by atoms with Gasteiger partial charge in [0.2, 0.25) is 11.9 Å². The average Bonchev–Trinajstić information content (AvgIpc) is 2.60. The molecule has 25 heavy (non-hydrogen) atoms. The van der Waals surface area contributed by atoms with E-state index >= 15 is 0 Å². The molecule has 1 aromatic carbocycles. The summed E-state index contributed by atoms with van der Waals surface area (Å²) in [6.07, 6.45) is 2.41. The van der Waals surface area contributed by atoms with Crippen molar-refractivity contribution in [2.24, 2.45) is 10.9 Å². The Morgan fingerprint density at radius 3 is 2.68 bits per heavy atom. The third-order valence-corrected chi connectivity index (χ3v) is 4.76. The monoisotopic (exact) mass is 362 g/mol. The minimum atomic E-state index is -0.795. The van der Waals surface area contributed by atoms with E-state index in [9.17, 15) is 9.90 Å². The normalized spacial score (nSPS) is 21.2. The summed E-state index contributed by atoms with van der Waals surface area (Å²) in [5, 5.41) is 16.6. The molecule has 1 saturated heterocycles. The molecule has 0 aromatic heterocycles. The highest BCUT2D eigenvalue weighted by Gasteiger charge is 2.27. The molecule has 2 heterocycles. The number of nitrogens with zero attached hydrogens (tertiary/aromatic N) is 2. The summed E-state index contributed by atoms with van der Waals surface area (Å²) in [6, 6.07) is 7.48. The number of halogens is 1.